The van der Waals surface area contributed by atoms with E-state index in [1.165, 1.54) is 5.56 Å². The summed E-state index contributed by atoms with van der Waals surface area (Å²) in [6.07, 6.45) is 7.46. The summed E-state index contributed by atoms with van der Waals surface area (Å²) in [6, 6.07) is 8.02. The largest absolute Gasteiger partial charge is 0.375 e. The van der Waals surface area contributed by atoms with Gasteiger partial charge in [0.15, 0.2) is 0 Å². The van der Waals surface area contributed by atoms with Gasteiger partial charge in [0.25, 0.3) is 0 Å². The highest BCUT2D eigenvalue weighted by Gasteiger charge is 1.97. The average molecular weight is 257 g/mol. The maximum absolute atomic E-state index is 5.61. The van der Waals surface area contributed by atoms with E-state index in [9.17, 15) is 0 Å². The quantitative estimate of drug-likeness (QED) is 0.771. The van der Waals surface area contributed by atoms with Crippen LogP contribution in [0.15, 0.2) is 42.9 Å². The van der Waals surface area contributed by atoms with Crippen LogP contribution < -0.4 is 5.73 Å². The molecule has 19 heavy (non-hydrogen) atoms. The van der Waals surface area contributed by atoms with Gasteiger partial charge in [-0.1, -0.05) is 6.07 Å². The van der Waals surface area contributed by atoms with E-state index in [0.29, 0.717) is 13.2 Å². The molecule has 0 unspecified atom stereocenters. The highest BCUT2D eigenvalue weighted by molar-refractivity contribution is 5.13. The number of nitrogens with two attached hydrogens (primary N) is 1. The van der Waals surface area contributed by atoms with Crippen LogP contribution in [0.1, 0.15) is 23.2 Å². The fraction of sp³-hybridized carbons (Fsp3) is 0.333. The Morgan fingerprint density at radius 3 is 2.58 bits per heavy atom. The number of rotatable bonds is 7. The lowest BCUT2D eigenvalue weighted by molar-refractivity contribution is 0.116. The summed E-state index contributed by atoms with van der Waals surface area (Å²) >= 11 is 0. The molecular formula is C15H19N3O. The van der Waals surface area contributed by atoms with E-state index in [1.54, 1.807) is 6.20 Å². The second kappa shape index (κ2) is 7.61. The van der Waals surface area contributed by atoms with Gasteiger partial charge in [-0.2, -0.15) is 0 Å². The molecule has 0 aliphatic carbocycles. The molecule has 0 aliphatic heterocycles. The van der Waals surface area contributed by atoms with E-state index < -0.39 is 0 Å². The maximum Gasteiger partial charge on any atom is 0.0887 e. The summed E-state index contributed by atoms with van der Waals surface area (Å²) in [5.41, 5.74) is 8.80. The van der Waals surface area contributed by atoms with Gasteiger partial charge in [-0.3, -0.25) is 9.97 Å². The Morgan fingerprint density at radius 2 is 1.89 bits per heavy atom. The zero-order valence-electron chi connectivity index (χ0n) is 11.0. The van der Waals surface area contributed by atoms with Gasteiger partial charge < -0.3 is 10.5 Å². The van der Waals surface area contributed by atoms with Gasteiger partial charge in [0, 0.05) is 31.7 Å². The molecule has 2 aromatic rings. The van der Waals surface area contributed by atoms with Gasteiger partial charge in [0.2, 0.25) is 0 Å². The number of ether oxygens (including phenoxy) is 1. The smallest absolute Gasteiger partial charge is 0.0887 e. The first-order chi connectivity index (χ1) is 9.38. The van der Waals surface area contributed by atoms with E-state index in [2.05, 4.69) is 9.97 Å². The zero-order chi connectivity index (χ0) is 13.3. The van der Waals surface area contributed by atoms with Crippen LogP contribution in [0, 0.1) is 0 Å². The molecule has 0 aromatic carbocycles. The van der Waals surface area contributed by atoms with Crippen LogP contribution in [0.25, 0.3) is 0 Å². The van der Waals surface area contributed by atoms with E-state index in [4.69, 9.17) is 10.5 Å². The van der Waals surface area contributed by atoms with Gasteiger partial charge in [0.05, 0.1) is 12.3 Å². The lowest BCUT2D eigenvalue weighted by Crippen LogP contribution is -2.01. The maximum atomic E-state index is 5.61. The molecule has 0 amide bonds. The average Bonchev–Trinajstić information content (AvgIpc) is 2.49. The summed E-state index contributed by atoms with van der Waals surface area (Å²) in [6.45, 7) is 1.82. The molecule has 0 saturated heterocycles. The third-order valence-electron chi connectivity index (χ3n) is 2.88. The van der Waals surface area contributed by atoms with Crippen molar-refractivity contribution >= 4 is 0 Å². The van der Waals surface area contributed by atoms with Crippen molar-refractivity contribution < 1.29 is 4.74 Å². The number of nitrogens with zero attached hydrogens (tertiary/aromatic N) is 2. The molecule has 0 aliphatic rings. The predicted molar refractivity (Wildman–Crippen MR) is 74.3 cm³/mol. The first kappa shape index (κ1) is 13.6. The van der Waals surface area contributed by atoms with Crippen molar-refractivity contribution in [2.24, 2.45) is 5.73 Å². The second-order valence-electron chi connectivity index (χ2n) is 4.37. The van der Waals surface area contributed by atoms with E-state index in [-0.39, 0.29) is 0 Å². The molecule has 0 radical (unpaired) electrons. The van der Waals surface area contributed by atoms with Crippen molar-refractivity contribution in [3.8, 4) is 0 Å². The third kappa shape index (κ3) is 4.77. The molecule has 0 saturated carbocycles. The summed E-state index contributed by atoms with van der Waals surface area (Å²) in [4.78, 5) is 8.29. The lowest BCUT2D eigenvalue weighted by atomic mass is 10.1. The minimum atomic E-state index is 0.528. The topological polar surface area (TPSA) is 61.0 Å². The Labute approximate surface area is 113 Å². The first-order valence-electron chi connectivity index (χ1n) is 6.49. The normalized spacial score (nSPS) is 10.6. The van der Waals surface area contributed by atoms with Crippen molar-refractivity contribution in [3.05, 3.63) is 59.7 Å². The summed E-state index contributed by atoms with van der Waals surface area (Å²) in [5, 5.41) is 0. The highest BCUT2D eigenvalue weighted by Crippen LogP contribution is 2.04. The van der Waals surface area contributed by atoms with Crippen molar-refractivity contribution in [2.75, 3.05) is 6.61 Å². The molecule has 0 spiro atoms. The third-order valence-corrected chi connectivity index (χ3v) is 2.88. The number of pyridine rings is 2. The SMILES string of the molecule is NCc1ccc(COCCCc2ccncc2)nc1. The van der Waals surface area contributed by atoms with Crippen LogP contribution in [-0.2, 0) is 24.3 Å². The van der Waals surface area contributed by atoms with Crippen LogP contribution >= 0.6 is 0 Å². The Kier molecular flexibility index (Phi) is 5.47. The van der Waals surface area contributed by atoms with Crippen molar-refractivity contribution in [1.29, 1.82) is 0 Å². The van der Waals surface area contributed by atoms with Gasteiger partial charge in [-0.15, -0.1) is 0 Å². The number of aryl methyl sites for hydroxylation is 1. The number of hydrogen-bond acceptors (Lipinski definition) is 4. The number of aromatic nitrogens is 2. The predicted octanol–water partition coefficient (Wildman–Crippen LogP) is 2.08. The van der Waals surface area contributed by atoms with Crippen LogP contribution in [0.5, 0.6) is 0 Å². The minimum Gasteiger partial charge on any atom is -0.375 e. The molecule has 0 fully saturated rings. The minimum absolute atomic E-state index is 0.528. The van der Waals surface area contributed by atoms with Crippen molar-refractivity contribution in [2.45, 2.75) is 26.0 Å². The molecule has 2 aromatic heterocycles. The van der Waals surface area contributed by atoms with Crippen molar-refractivity contribution in [1.82, 2.24) is 9.97 Å². The second-order valence-corrected chi connectivity index (χ2v) is 4.37. The lowest BCUT2D eigenvalue weighted by Gasteiger charge is -2.05. The molecule has 2 heterocycles. The van der Waals surface area contributed by atoms with Crippen LogP contribution in [0.4, 0.5) is 0 Å². The van der Waals surface area contributed by atoms with E-state index >= 15 is 0 Å². The van der Waals surface area contributed by atoms with Gasteiger partial charge in [-0.25, -0.2) is 0 Å². The van der Waals surface area contributed by atoms with Crippen LogP contribution in [0.3, 0.4) is 0 Å². The molecule has 2 rings (SSSR count). The fourth-order valence-corrected chi connectivity index (χ4v) is 1.77. The Morgan fingerprint density at radius 1 is 1.05 bits per heavy atom. The van der Waals surface area contributed by atoms with Gasteiger partial charge in [-0.05, 0) is 42.2 Å². The molecule has 4 nitrogen and oxygen atoms in total. The van der Waals surface area contributed by atoms with E-state index in [1.807, 2.05) is 36.7 Å². The van der Waals surface area contributed by atoms with E-state index in [0.717, 1.165) is 30.7 Å². The summed E-state index contributed by atoms with van der Waals surface area (Å²) in [7, 11) is 0. The van der Waals surface area contributed by atoms with Crippen LogP contribution in [0.2, 0.25) is 0 Å². The van der Waals surface area contributed by atoms with Crippen molar-refractivity contribution in [3.63, 3.8) is 0 Å². The fourth-order valence-electron chi connectivity index (χ4n) is 1.77. The zero-order valence-corrected chi connectivity index (χ0v) is 11.0. The highest BCUT2D eigenvalue weighted by atomic mass is 16.5. The van der Waals surface area contributed by atoms with Gasteiger partial charge in [0.1, 0.15) is 0 Å². The Bertz CT molecular complexity index is 471. The molecule has 100 valence electrons. The molecule has 2 N–H and O–H groups in total. The summed E-state index contributed by atoms with van der Waals surface area (Å²) in [5.74, 6) is 0. The standard InChI is InChI=1S/C15H19N3O/c16-10-14-3-4-15(18-11-14)12-19-9-1-2-13-5-7-17-8-6-13/h3-8,11H,1-2,9-10,12,16H2. The van der Waals surface area contributed by atoms with Gasteiger partial charge >= 0.3 is 0 Å². The molecular weight excluding hydrogens is 238 g/mol. The Hall–Kier alpha value is -1.78. The van der Waals surface area contributed by atoms with Crippen LogP contribution in [-0.4, -0.2) is 16.6 Å². The Balaban J connectivity index is 1.63. The monoisotopic (exact) mass is 257 g/mol. The first-order valence-corrected chi connectivity index (χ1v) is 6.49. The number of hydrogen-bond donors (Lipinski definition) is 1. The molecule has 0 bridgehead atoms. The molecule has 0 atom stereocenters. The summed E-state index contributed by atoms with van der Waals surface area (Å²) < 4.78 is 5.61. The molecule has 4 heteroatoms.